The largest absolute Gasteiger partial charge is 0.351 e. The molecule has 2 aromatic carbocycles. The second-order valence-corrected chi connectivity index (χ2v) is 8.86. The number of fused-ring (bicyclic) bond motifs is 1. The van der Waals surface area contributed by atoms with Gasteiger partial charge in [-0.1, -0.05) is 30.3 Å². The molecule has 2 aromatic heterocycles. The molecule has 0 saturated carbocycles. The van der Waals surface area contributed by atoms with Crippen LogP contribution in [0.15, 0.2) is 59.8 Å². The minimum atomic E-state index is -0.356. The summed E-state index contributed by atoms with van der Waals surface area (Å²) in [7, 11) is 0. The highest BCUT2D eigenvalue weighted by Crippen LogP contribution is 2.26. The normalized spacial score (nSPS) is 14.1. The van der Waals surface area contributed by atoms with E-state index < -0.39 is 0 Å². The van der Waals surface area contributed by atoms with Crippen molar-refractivity contribution >= 4 is 34.7 Å². The molecule has 0 N–H and O–H groups in total. The van der Waals surface area contributed by atoms with Crippen LogP contribution in [0.2, 0.25) is 0 Å². The lowest BCUT2D eigenvalue weighted by molar-refractivity contribution is 0.0743. The molecule has 1 aliphatic heterocycles. The first-order valence-electron chi connectivity index (χ1n) is 10.7. The zero-order chi connectivity index (χ0) is 22.8. The van der Waals surface area contributed by atoms with Crippen LogP contribution in [0.3, 0.4) is 0 Å². The molecule has 168 valence electrons. The van der Waals surface area contributed by atoms with Gasteiger partial charge in [-0.3, -0.25) is 4.79 Å². The lowest BCUT2D eigenvalue weighted by atomic mass is 10.2. The van der Waals surface area contributed by atoms with Gasteiger partial charge in [0.25, 0.3) is 5.91 Å². The number of carbonyl (C=O) groups is 1. The Morgan fingerprint density at radius 1 is 1.06 bits per heavy atom. The van der Waals surface area contributed by atoms with Gasteiger partial charge in [-0.05, 0) is 36.1 Å². The molecule has 1 amide bonds. The fourth-order valence-electron chi connectivity index (χ4n) is 3.97. The molecule has 0 atom stereocenters. The molecular formula is C23H22FN7OS. The van der Waals surface area contributed by atoms with Crippen molar-refractivity contribution in [3.8, 4) is 5.69 Å². The molecule has 4 aromatic rings. The summed E-state index contributed by atoms with van der Waals surface area (Å²) in [5.74, 6) is 1.27. The average Bonchev–Trinajstić information content (AvgIpc) is 3.29. The number of piperazine rings is 1. The summed E-state index contributed by atoms with van der Waals surface area (Å²) in [5.41, 5.74) is 2.35. The summed E-state index contributed by atoms with van der Waals surface area (Å²) in [6.07, 6.45) is 1.46. The maximum atomic E-state index is 13.7. The van der Waals surface area contributed by atoms with Crippen molar-refractivity contribution in [1.29, 1.82) is 0 Å². The average molecular weight is 464 g/mol. The number of carbonyl (C=O) groups excluding carboxylic acids is 1. The summed E-state index contributed by atoms with van der Waals surface area (Å²) in [5, 5.41) is 8.45. The quantitative estimate of drug-likeness (QED) is 0.420. The monoisotopic (exact) mass is 463 g/mol. The van der Waals surface area contributed by atoms with E-state index in [4.69, 9.17) is 0 Å². The van der Waals surface area contributed by atoms with Gasteiger partial charge in [-0.2, -0.15) is 4.68 Å². The van der Waals surface area contributed by atoms with Crippen molar-refractivity contribution in [1.82, 2.24) is 29.9 Å². The second kappa shape index (κ2) is 9.14. The van der Waals surface area contributed by atoms with Crippen LogP contribution in [0.1, 0.15) is 17.3 Å². The number of amides is 1. The summed E-state index contributed by atoms with van der Waals surface area (Å²) in [4.78, 5) is 26.9. The van der Waals surface area contributed by atoms with Gasteiger partial charge in [-0.25, -0.2) is 14.4 Å². The van der Waals surface area contributed by atoms with Crippen molar-refractivity contribution in [3.05, 3.63) is 66.2 Å². The molecular weight excluding hydrogens is 441 g/mol. The standard InChI is InChI=1S/C23H22FN7OS/c1-2-33-19-9-4-3-8-18(19)23(32)30-12-10-29(11-13-30)21-20-22(26-15-25-21)31(28-27-20)17-7-5-6-16(24)14-17/h3-9,14-15H,2,10-13H2,1H3. The van der Waals surface area contributed by atoms with Gasteiger partial charge in [-0.15, -0.1) is 16.9 Å². The van der Waals surface area contributed by atoms with E-state index in [1.54, 1.807) is 23.9 Å². The van der Waals surface area contributed by atoms with Crippen LogP contribution in [-0.2, 0) is 0 Å². The number of anilines is 1. The van der Waals surface area contributed by atoms with Gasteiger partial charge >= 0.3 is 0 Å². The van der Waals surface area contributed by atoms with E-state index in [0.717, 1.165) is 16.2 Å². The maximum absolute atomic E-state index is 13.7. The van der Waals surface area contributed by atoms with Crippen LogP contribution in [0.4, 0.5) is 10.2 Å². The summed E-state index contributed by atoms with van der Waals surface area (Å²) >= 11 is 1.68. The summed E-state index contributed by atoms with van der Waals surface area (Å²) in [6.45, 7) is 4.47. The third-order valence-corrected chi connectivity index (χ3v) is 6.51. The Morgan fingerprint density at radius 2 is 1.88 bits per heavy atom. The van der Waals surface area contributed by atoms with Crippen LogP contribution < -0.4 is 4.90 Å². The Morgan fingerprint density at radius 3 is 2.67 bits per heavy atom. The number of halogens is 1. The summed E-state index contributed by atoms with van der Waals surface area (Å²) < 4.78 is 15.2. The molecule has 0 radical (unpaired) electrons. The molecule has 0 bridgehead atoms. The molecule has 10 heteroatoms. The molecule has 0 aliphatic carbocycles. The molecule has 8 nitrogen and oxygen atoms in total. The molecule has 33 heavy (non-hydrogen) atoms. The van der Waals surface area contributed by atoms with E-state index in [1.807, 2.05) is 29.2 Å². The molecule has 1 fully saturated rings. The number of thioether (sulfide) groups is 1. The Bertz CT molecular complexity index is 1300. The van der Waals surface area contributed by atoms with Gasteiger partial charge in [0, 0.05) is 31.1 Å². The first-order chi connectivity index (χ1) is 16.2. The van der Waals surface area contributed by atoms with Crippen LogP contribution in [0.5, 0.6) is 0 Å². The zero-order valence-corrected chi connectivity index (χ0v) is 18.9. The van der Waals surface area contributed by atoms with E-state index in [2.05, 4.69) is 32.1 Å². The highest BCUT2D eigenvalue weighted by atomic mass is 32.2. The first-order valence-corrected chi connectivity index (χ1v) is 11.7. The Hall–Kier alpha value is -3.53. The highest BCUT2D eigenvalue weighted by molar-refractivity contribution is 7.99. The van der Waals surface area contributed by atoms with E-state index in [-0.39, 0.29) is 11.7 Å². The Balaban J connectivity index is 1.36. The van der Waals surface area contributed by atoms with Crippen LogP contribution >= 0.6 is 11.8 Å². The van der Waals surface area contributed by atoms with Gasteiger partial charge < -0.3 is 9.80 Å². The van der Waals surface area contributed by atoms with Crippen molar-refractivity contribution in [2.75, 3.05) is 36.8 Å². The smallest absolute Gasteiger partial charge is 0.255 e. The fourth-order valence-corrected chi connectivity index (χ4v) is 4.76. The molecule has 3 heterocycles. The molecule has 0 spiro atoms. The second-order valence-electron chi connectivity index (χ2n) is 7.56. The lowest BCUT2D eigenvalue weighted by Gasteiger charge is -2.35. The first kappa shape index (κ1) is 21.3. The van der Waals surface area contributed by atoms with Gasteiger partial charge in [0.05, 0.1) is 11.3 Å². The third kappa shape index (κ3) is 4.13. The van der Waals surface area contributed by atoms with Gasteiger partial charge in [0.2, 0.25) is 0 Å². The minimum absolute atomic E-state index is 0.0519. The lowest BCUT2D eigenvalue weighted by Crippen LogP contribution is -2.49. The molecule has 1 saturated heterocycles. The minimum Gasteiger partial charge on any atom is -0.351 e. The van der Waals surface area contributed by atoms with Crippen molar-refractivity contribution in [2.24, 2.45) is 0 Å². The molecule has 5 rings (SSSR count). The highest BCUT2D eigenvalue weighted by Gasteiger charge is 2.26. The number of hydrogen-bond acceptors (Lipinski definition) is 7. The molecule has 1 aliphatic rings. The summed E-state index contributed by atoms with van der Waals surface area (Å²) in [6, 6.07) is 13.9. The fraction of sp³-hybridized carbons (Fsp3) is 0.261. The number of hydrogen-bond donors (Lipinski definition) is 0. The number of aromatic nitrogens is 5. The SMILES string of the molecule is CCSc1ccccc1C(=O)N1CCN(c2ncnc3c2nnn3-c2cccc(F)c2)CC1. The van der Waals surface area contributed by atoms with Crippen molar-refractivity contribution in [3.63, 3.8) is 0 Å². The third-order valence-electron chi connectivity index (χ3n) is 5.55. The van der Waals surface area contributed by atoms with E-state index in [0.29, 0.717) is 48.8 Å². The van der Waals surface area contributed by atoms with Gasteiger partial charge in [0.15, 0.2) is 17.0 Å². The number of benzene rings is 2. The zero-order valence-electron chi connectivity index (χ0n) is 18.1. The predicted octanol–water partition coefficient (Wildman–Crippen LogP) is 3.42. The predicted molar refractivity (Wildman–Crippen MR) is 125 cm³/mol. The van der Waals surface area contributed by atoms with Gasteiger partial charge in [0.1, 0.15) is 12.1 Å². The maximum Gasteiger partial charge on any atom is 0.255 e. The topological polar surface area (TPSA) is 80.0 Å². The Labute approximate surface area is 194 Å². The van der Waals surface area contributed by atoms with Crippen LogP contribution in [0.25, 0.3) is 16.9 Å². The van der Waals surface area contributed by atoms with Crippen molar-refractivity contribution < 1.29 is 9.18 Å². The Kier molecular flexibility index (Phi) is 5.91. The van der Waals surface area contributed by atoms with E-state index >= 15 is 0 Å². The van der Waals surface area contributed by atoms with E-state index in [1.165, 1.54) is 23.1 Å². The van der Waals surface area contributed by atoms with E-state index in [9.17, 15) is 9.18 Å². The molecule has 0 unspecified atom stereocenters. The number of rotatable bonds is 5. The van der Waals surface area contributed by atoms with Crippen LogP contribution in [-0.4, -0.2) is 67.7 Å². The van der Waals surface area contributed by atoms with Crippen LogP contribution in [0, 0.1) is 5.82 Å². The van der Waals surface area contributed by atoms with Crippen molar-refractivity contribution in [2.45, 2.75) is 11.8 Å². The number of nitrogens with zero attached hydrogens (tertiary/aromatic N) is 7.